The van der Waals surface area contributed by atoms with E-state index in [4.69, 9.17) is 5.73 Å². The highest BCUT2D eigenvalue weighted by atomic mass is 19.4. The highest BCUT2D eigenvalue weighted by Gasteiger charge is 2.57. The number of nitrogens with zero attached hydrogens (tertiary/aromatic N) is 4. The molecule has 1 saturated carbocycles. The van der Waals surface area contributed by atoms with Crippen molar-refractivity contribution in [2.45, 2.75) is 44.6 Å². The molecule has 0 bridgehead atoms. The average Bonchev–Trinajstić information content (AvgIpc) is 3.12. The van der Waals surface area contributed by atoms with Gasteiger partial charge in [-0.15, -0.1) is 0 Å². The molecule has 0 amide bonds. The first-order chi connectivity index (χ1) is 14.7. The van der Waals surface area contributed by atoms with Crippen LogP contribution in [0.3, 0.4) is 0 Å². The minimum absolute atomic E-state index is 0.222. The van der Waals surface area contributed by atoms with Crippen LogP contribution in [0.2, 0.25) is 0 Å². The lowest BCUT2D eigenvalue weighted by atomic mass is 10.1. The van der Waals surface area contributed by atoms with Crippen LogP contribution in [0, 0.1) is 12.8 Å². The summed E-state index contributed by atoms with van der Waals surface area (Å²) in [6.45, 7) is 0.293. The molecule has 0 spiro atoms. The van der Waals surface area contributed by atoms with Gasteiger partial charge in [0.1, 0.15) is 0 Å². The molecule has 2 heterocycles. The van der Waals surface area contributed by atoms with Gasteiger partial charge in [-0.3, -0.25) is 14.2 Å². The molecule has 2 aromatic rings. The largest absolute Gasteiger partial charge is 0.434 e. The summed E-state index contributed by atoms with van der Waals surface area (Å²) in [6.07, 6.45) is -9.04. The fourth-order valence-corrected chi connectivity index (χ4v) is 3.17. The summed E-state index contributed by atoms with van der Waals surface area (Å²) in [5, 5.41) is 0. The van der Waals surface area contributed by atoms with Crippen molar-refractivity contribution in [3.05, 3.63) is 39.7 Å². The lowest BCUT2D eigenvalue weighted by Crippen LogP contribution is -2.27. The molecule has 1 unspecified atom stereocenters. The normalized spacial score (nSPS) is 19.3. The summed E-state index contributed by atoms with van der Waals surface area (Å²) < 4.78 is 106. The van der Waals surface area contributed by atoms with E-state index in [1.54, 1.807) is 0 Å². The van der Waals surface area contributed by atoms with E-state index in [9.17, 15) is 39.9 Å². The van der Waals surface area contributed by atoms with Crippen molar-refractivity contribution >= 4 is 17.6 Å². The van der Waals surface area contributed by atoms with Gasteiger partial charge >= 0.3 is 12.4 Å². The Bertz CT molecular complexity index is 1140. The molecule has 2 aromatic heterocycles. The van der Waals surface area contributed by atoms with Crippen molar-refractivity contribution < 1.29 is 35.1 Å². The van der Waals surface area contributed by atoms with Crippen LogP contribution < -0.4 is 11.3 Å². The van der Waals surface area contributed by atoms with E-state index >= 15 is 0 Å². The number of fused-ring (bicyclic) bond motifs is 1. The minimum atomic E-state index is -5.15. The van der Waals surface area contributed by atoms with Gasteiger partial charge in [0.25, 0.3) is 11.5 Å². The van der Waals surface area contributed by atoms with Crippen molar-refractivity contribution in [2.75, 3.05) is 6.54 Å². The fourth-order valence-electron chi connectivity index (χ4n) is 3.17. The molecule has 1 atom stereocenters. The molecule has 0 radical (unpaired) electrons. The Hall–Kier alpha value is -2.93. The van der Waals surface area contributed by atoms with Crippen LogP contribution in [0.4, 0.5) is 35.1 Å². The molecule has 176 valence electrons. The molecule has 1 fully saturated rings. The predicted octanol–water partition coefficient (Wildman–Crippen LogP) is 3.80. The van der Waals surface area contributed by atoms with E-state index in [1.807, 2.05) is 0 Å². The summed E-state index contributed by atoms with van der Waals surface area (Å²) in [5.41, 5.74) is 1.09. The summed E-state index contributed by atoms with van der Waals surface area (Å²) in [6, 6.07) is 0. The van der Waals surface area contributed by atoms with Crippen LogP contribution in [0.5, 0.6) is 0 Å². The number of imidazole rings is 1. The molecular formula is C18H17F8N5O. The maximum Gasteiger partial charge on any atom is 0.434 e. The number of nitrogens with two attached hydrogens (primary N) is 1. The molecule has 1 aliphatic rings. The summed E-state index contributed by atoms with van der Waals surface area (Å²) in [4.78, 5) is 19.8. The number of allylic oxidation sites excluding steroid dienone is 1. The summed E-state index contributed by atoms with van der Waals surface area (Å²) >= 11 is 0. The summed E-state index contributed by atoms with van der Waals surface area (Å²) in [7, 11) is 0. The average molecular weight is 471 g/mol. The minimum Gasteiger partial charge on any atom is -0.404 e. The molecular weight excluding hydrogens is 454 g/mol. The zero-order valence-corrected chi connectivity index (χ0v) is 16.4. The van der Waals surface area contributed by atoms with Gasteiger partial charge in [-0.2, -0.15) is 26.3 Å². The number of aryl methyl sites for hydroxylation is 1. The predicted molar refractivity (Wildman–Crippen MR) is 98.4 cm³/mol. The number of hydrogen-bond acceptors (Lipinski definition) is 4. The highest BCUT2D eigenvalue weighted by Crippen LogP contribution is 2.49. The fraction of sp³-hybridized carbons (Fsp3) is 0.500. The number of alkyl halides is 8. The topological polar surface area (TPSA) is 77.7 Å². The van der Waals surface area contributed by atoms with Gasteiger partial charge in [0.2, 0.25) is 5.78 Å². The van der Waals surface area contributed by atoms with E-state index in [0.717, 1.165) is 15.2 Å². The van der Waals surface area contributed by atoms with Gasteiger partial charge in [-0.1, -0.05) is 0 Å². The van der Waals surface area contributed by atoms with Crippen LogP contribution in [0.15, 0.2) is 22.2 Å². The van der Waals surface area contributed by atoms with Crippen molar-refractivity contribution in [3.63, 3.8) is 0 Å². The Morgan fingerprint density at radius 2 is 1.94 bits per heavy atom. The Morgan fingerprint density at radius 3 is 2.44 bits per heavy atom. The van der Waals surface area contributed by atoms with Crippen LogP contribution in [0.1, 0.15) is 29.8 Å². The molecule has 1 aliphatic carbocycles. The molecule has 2 N–H and O–H groups in total. The van der Waals surface area contributed by atoms with Gasteiger partial charge in [0, 0.05) is 55.3 Å². The van der Waals surface area contributed by atoms with E-state index in [-0.39, 0.29) is 12.2 Å². The maximum absolute atomic E-state index is 13.7. The lowest BCUT2D eigenvalue weighted by molar-refractivity contribution is -0.141. The molecule has 3 rings (SSSR count). The zero-order chi connectivity index (χ0) is 24.1. The Labute approximate surface area is 175 Å². The Morgan fingerprint density at radius 1 is 1.31 bits per heavy atom. The van der Waals surface area contributed by atoms with Crippen LogP contribution in [0.25, 0.3) is 11.4 Å². The van der Waals surface area contributed by atoms with Crippen molar-refractivity contribution in [3.8, 4) is 0 Å². The van der Waals surface area contributed by atoms with E-state index < -0.39 is 71.7 Å². The number of rotatable bonds is 6. The second-order valence-corrected chi connectivity index (χ2v) is 7.37. The molecule has 0 aliphatic heterocycles. The number of aliphatic imine (C=N–C) groups is 1. The first-order valence-corrected chi connectivity index (χ1v) is 9.22. The second-order valence-electron chi connectivity index (χ2n) is 7.37. The third-order valence-corrected chi connectivity index (χ3v) is 4.93. The number of aromatic nitrogens is 3. The third kappa shape index (κ3) is 4.78. The lowest BCUT2D eigenvalue weighted by Gasteiger charge is -2.13. The first kappa shape index (κ1) is 23.7. The van der Waals surface area contributed by atoms with Crippen molar-refractivity contribution in [1.29, 1.82) is 0 Å². The summed E-state index contributed by atoms with van der Waals surface area (Å²) in [5.74, 6) is -4.52. The van der Waals surface area contributed by atoms with Crippen LogP contribution >= 0.6 is 0 Å². The van der Waals surface area contributed by atoms with Gasteiger partial charge < -0.3 is 10.3 Å². The van der Waals surface area contributed by atoms with Crippen molar-refractivity contribution in [1.82, 2.24) is 14.0 Å². The number of hydrogen-bond donors (Lipinski definition) is 1. The van der Waals surface area contributed by atoms with E-state index in [2.05, 4.69) is 9.98 Å². The van der Waals surface area contributed by atoms with E-state index in [0.29, 0.717) is 12.4 Å². The smallest absolute Gasteiger partial charge is 0.404 e. The monoisotopic (exact) mass is 471 g/mol. The van der Waals surface area contributed by atoms with Crippen LogP contribution in [-0.4, -0.2) is 38.8 Å². The highest BCUT2D eigenvalue weighted by molar-refractivity contribution is 6.10. The first-order valence-electron chi connectivity index (χ1n) is 9.22. The molecule has 14 heteroatoms. The van der Waals surface area contributed by atoms with Gasteiger partial charge in [0.05, 0.1) is 12.0 Å². The zero-order valence-electron chi connectivity index (χ0n) is 16.4. The van der Waals surface area contributed by atoms with Gasteiger partial charge in [-0.05, 0) is 6.92 Å². The molecule has 0 saturated heterocycles. The molecule has 0 aromatic carbocycles. The molecule has 32 heavy (non-hydrogen) atoms. The molecule has 6 nitrogen and oxygen atoms in total. The number of halogens is 8. The Kier molecular flexibility index (Phi) is 5.85. The third-order valence-electron chi connectivity index (χ3n) is 4.93. The van der Waals surface area contributed by atoms with Crippen molar-refractivity contribution in [2.24, 2.45) is 16.6 Å². The standard InChI is InChI=1S/C18H17F8N5O/c1-9-7-31-14(32)12(10(5-27)6-28-3-2-17(21,22)23)13(18(24,25)26)29-15(31)30(9)8-11-4-16(11,19)20/h5-7,11H,2-4,8,27H2,1H3. The van der Waals surface area contributed by atoms with Gasteiger partial charge in [-0.25, -0.2) is 13.8 Å². The van der Waals surface area contributed by atoms with Crippen LogP contribution in [-0.2, 0) is 12.7 Å². The van der Waals surface area contributed by atoms with Gasteiger partial charge in [0.15, 0.2) is 5.69 Å². The second kappa shape index (κ2) is 7.89. The SMILES string of the molecule is Cc1cn2c(=O)c(C(C=NCCC(F)(F)F)=CN)c(C(F)(F)F)nc2n1CC1CC1(F)F. The van der Waals surface area contributed by atoms with E-state index in [1.165, 1.54) is 6.92 Å². The quantitative estimate of drug-likeness (QED) is 0.515. The Balaban J connectivity index is 2.11. The maximum atomic E-state index is 13.7.